The van der Waals surface area contributed by atoms with E-state index in [0.29, 0.717) is 0 Å². The lowest BCUT2D eigenvalue weighted by Gasteiger charge is -2.19. The van der Waals surface area contributed by atoms with Crippen molar-refractivity contribution in [2.24, 2.45) is 0 Å². The normalized spacial score (nSPS) is 7.78. The molecule has 0 radical (unpaired) electrons. The maximum atomic E-state index is 2.18. The van der Waals surface area contributed by atoms with Crippen molar-refractivity contribution in [3.63, 3.8) is 0 Å². The molecule has 0 aromatic heterocycles. The molecule has 27 heavy (non-hydrogen) atoms. The van der Waals surface area contributed by atoms with Gasteiger partial charge in [-0.15, -0.1) is 0 Å². The van der Waals surface area contributed by atoms with Crippen molar-refractivity contribution in [1.29, 1.82) is 0 Å². The lowest BCUT2D eigenvalue weighted by molar-refractivity contribution is 0.505. The zero-order valence-electron chi connectivity index (χ0n) is 20.6. The predicted octanol–water partition coefficient (Wildman–Crippen LogP) is 8.05. The van der Waals surface area contributed by atoms with Gasteiger partial charge in [-0.05, 0) is 52.3 Å². The summed E-state index contributed by atoms with van der Waals surface area (Å²) in [6.45, 7) is 18.1. The Morgan fingerprint density at radius 1 is 0.481 bits per heavy atom. The van der Waals surface area contributed by atoms with Crippen LogP contribution in [-0.4, -0.2) is 33.1 Å². The van der Waals surface area contributed by atoms with Crippen molar-refractivity contribution in [2.75, 3.05) is 33.1 Å². The van der Waals surface area contributed by atoms with E-state index in [0.717, 1.165) is 0 Å². The minimum absolute atomic E-state index is 1.21. The van der Waals surface area contributed by atoms with Crippen LogP contribution in [0.5, 0.6) is 0 Å². The highest BCUT2D eigenvalue weighted by Gasteiger charge is 2.01. The van der Waals surface area contributed by atoms with Crippen LogP contribution in [0.3, 0.4) is 0 Å². The van der Waals surface area contributed by atoms with Gasteiger partial charge in [-0.2, -0.15) is 0 Å². The second kappa shape index (κ2) is 26.4. The van der Waals surface area contributed by atoms with E-state index in [4.69, 9.17) is 0 Å². The number of hydrogen-bond donors (Lipinski definition) is 0. The standard InChI is InChI=1S/C14H15N.C3H9N.4C2H6/c1-12-8-10-14(11-9-12)15(2)13-6-4-3-5-7-13;1-4(2)3;4*1-2/h3-11H,1-2H3;1-3H3;4*1-2H3. The summed E-state index contributed by atoms with van der Waals surface area (Å²) in [4.78, 5) is 4.18. The molecule has 0 saturated carbocycles. The molecule has 0 N–H and O–H groups in total. The van der Waals surface area contributed by atoms with Gasteiger partial charge in [-0.25, -0.2) is 0 Å². The summed E-state index contributed by atoms with van der Waals surface area (Å²) in [5.74, 6) is 0. The Morgan fingerprint density at radius 3 is 1.11 bits per heavy atom. The molecule has 2 heteroatoms. The molecule has 0 aliphatic heterocycles. The third-order valence-corrected chi connectivity index (χ3v) is 2.56. The number of rotatable bonds is 2. The highest BCUT2D eigenvalue weighted by Crippen LogP contribution is 2.22. The highest BCUT2D eigenvalue weighted by atomic mass is 15.1. The van der Waals surface area contributed by atoms with Crippen molar-refractivity contribution >= 4 is 11.4 Å². The van der Waals surface area contributed by atoms with Crippen molar-refractivity contribution in [3.05, 3.63) is 60.2 Å². The SMILES string of the molecule is CC.CC.CC.CC.CN(C)C.Cc1ccc(N(C)c2ccccc2)cc1. The van der Waals surface area contributed by atoms with Crippen LogP contribution in [-0.2, 0) is 0 Å². The molecule has 0 atom stereocenters. The molecule has 0 amide bonds. The van der Waals surface area contributed by atoms with E-state index in [1.807, 2.05) is 87.5 Å². The second-order valence-corrected chi connectivity index (χ2v) is 5.07. The van der Waals surface area contributed by atoms with E-state index >= 15 is 0 Å². The Labute approximate surface area is 172 Å². The summed E-state index contributed by atoms with van der Waals surface area (Å²) < 4.78 is 0. The van der Waals surface area contributed by atoms with Crippen LogP contribution in [0.4, 0.5) is 11.4 Å². The molecule has 0 fully saturated rings. The molecule has 0 spiro atoms. The maximum Gasteiger partial charge on any atom is 0.0408 e. The van der Waals surface area contributed by atoms with Gasteiger partial charge in [-0.3, -0.25) is 0 Å². The van der Waals surface area contributed by atoms with Crippen molar-refractivity contribution in [2.45, 2.75) is 62.3 Å². The molecule has 0 unspecified atom stereocenters. The van der Waals surface area contributed by atoms with Crippen LogP contribution in [0, 0.1) is 6.92 Å². The molecular formula is C25H48N2. The molecule has 2 rings (SSSR count). The van der Waals surface area contributed by atoms with Gasteiger partial charge in [0, 0.05) is 18.4 Å². The van der Waals surface area contributed by atoms with Crippen molar-refractivity contribution in [3.8, 4) is 0 Å². The lowest BCUT2D eigenvalue weighted by atomic mass is 10.2. The summed E-state index contributed by atoms with van der Waals surface area (Å²) in [5.41, 5.74) is 3.72. The molecule has 0 saturated heterocycles. The van der Waals surface area contributed by atoms with Crippen LogP contribution in [0.25, 0.3) is 0 Å². The fourth-order valence-corrected chi connectivity index (χ4v) is 1.57. The molecule has 2 aromatic carbocycles. The first-order chi connectivity index (χ1) is 13.0. The van der Waals surface area contributed by atoms with Crippen LogP contribution >= 0.6 is 0 Å². The van der Waals surface area contributed by atoms with Gasteiger partial charge < -0.3 is 9.80 Å². The highest BCUT2D eigenvalue weighted by molar-refractivity contribution is 5.62. The minimum atomic E-state index is 1.21. The number of benzene rings is 2. The fraction of sp³-hybridized carbons (Fsp3) is 0.520. The molecular weight excluding hydrogens is 328 g/mol. The van der Waals surface area contributed by atoms with Crippen LogP contribution < -0.4 is 4.90 Å². The van der Waals surface area contributed by atoms with E-state index in [-0.39, 0.29) is 0 Å². The number of nitrogens with zero attached hydrogens (tertiary/aromatic N) is 2. The van der Waals surface area contributed by atoms with Gasteiger partial charge in [0.05, 0.1) is 0 Å². The van der Waals surface area contributed by atoms with E-state index in [1.54, 1.807) is 0 Å². The van der Waals surface area contributed by atoms with E-state index < -0.39 is 0 Å². The van der Waals surface area contributed by atoms with Gasteiger partial charge in [0.2, 0.25) is 0 Å². The lowest BCUT2D eigenvalue weighted by Crippen LogP contribution is -2.08. The Balaban J connectivity index is -0.000000187. The number of aryl methyl sites for hydroxylation is 1. The predicted molar refractivity (Wildman–Crippen MR) is 131 cm³/mol. The summed E-state index contributed by atoms with van der Waals surface area (Å²) in [7, 11) is 8.08. The quantitative estimate of drug-likeness (QED) is 0.523. The fourth-order valence-electron chi connectivity index (χ4n) is 1.57. The minimum Gasteiger partial charge on any atom is -0.345 e. The average Bonchev–Trinajstić information content (AvgIpc) is 2.74. The Bertz CT molecular complexity index is 459. The van der Waals surface area contributed by atoms with E-state index in [2.05, 4.69) is 67.4 Å². The van der Waals surface area contributed by atoms with Gasteiger partial charge >= 0.3 is 0 Å². The van der Waals surface area contributed by atoms with Crippen LogP contribution in [0.2, 0.25) is 0 Å². The molecule has 0 aliphatic rings. The zero-order chi connectivity index (χ0) is 22.3. The van der Waals surface area contributed by atoms with Crippen molar-refractivity contribution in [1.82, 2.24) is 4.90 Å². The molecule has 0 heterocycles. The summed E-state index contributed by atoms with van der Waals surface area (Å²) in [5, 5.41) is 0. The largest absolute Gasteiger partial charge is 0.345 e. The second-order valence-electron chi connectivity index (χ2n) is 5.07. The molecule has 158 valence electrons. The number of anilines is 2. The van der Waals surface area contributed by atoms with Gasteiger partial charge in [-0.1, -0.05) is 91.3 Å². The smallest absolute Gasteiger partial charge is 0.0408 e. The maximum absolute atomic E-state index is 2.18. The van der Waals surface area contributed by atoms with E-state index in [9.17, 15) is 0 Å². The molecule has 0 aliphatic carbocycles. The summed E-state index contributed by atoms with van der Waals surface area (Å²) >= 11 is 0. The third kappa shape index (κ3) is 20.4. The van der Waals surface area contributed by atoms with Crippen molar-refractivity contribution < 1.29 is 0 Å². The topological polar surface area (TPSA) is 6.48 Å². The number of hydrogen-bond acceptors (Lipinski definition) is 2. The third-order valence-electron chi connectivity index (χ3n) is 2.56. The molecule has 0 bridgehead atoms. The van der Waals surface area contributed by atoms with Crippen LogP contribution in [0.1, 0.15) is 61.0 Å². The zero-order valence-corrected chi connectivity index (χ0v) is 20.6. The average molecular weight is 377 g/mol. The molecule has 2 nitrogen and oxygen atoms in total. The first kappa shape index (κ1) is 32.8. The van der Waals surface area contributed by atoms with Gasteiger partial charge in [0.15, 0.2) is 0 Å². The van der Waals surface area contributed by atoms with E-state index in [1.165, 1.54) is 16.9 Å². The number of para-hydroxylation sites is 1. The molecule has 2 aromatic rings. The van der Waals surface area contributed by atoms with Gasteiger partial charge in [0.1, 0.15) is 0 Å². The van der Waals surface area contributed by atoms with Gasteiger partial charge in [0.25, 0.3) is 0 Å². The monoisotopic (exact) mass is 376 g/mol. The Kier molecular flexibility index (Phi) is 32.1. The Morgan fingerprint density at radius 2 is 0.778 bits per heavy atom. The van der Waals surface area contributed by atoms with Crippen LogP contribution in [0.15, 0.2) is 54.6 Å². The first-order valence-electron chi connectivity index (χ1n) is 10.5. The first-order valence-corrected chi connectivity index (χ1v) is 10.5. The summed E-state index contributed by atoms with van der Waals surface area (Å²) in [6.07, 6.45) is 0. The Hall–Kier alpha value is -1.80. The summed E-state index contributed by atoms with van der Waals surface area (Å²) in [6, 6.07) is 18.9.